The van der Waals surface area contributed by atoms with Crippen LogP contribution in [0.3, 0.4) is 0 Å². The van der Waals surface area contributed by atoms with E-state index in [4.69, 9.17) is 40.1 Å². The summed E-state index contributed by atoms with van der Waals surface area (Å²) in [5.41, 5.74) is 38.8. The first-order chi connectivity index (χ1) is 57.9. The van der Waals surface area contributed by atoms with Gasteiger partial charge in [-0.2, -0.15) is 12.6 Å². The standard InChI is InChI=1S/C77H136N24O22S/c1-37(2)30-52(74(120)88-41(9)63(84)109)100-72(118)50(22-26-59(82)105)94-68(114)46(18-14-16-28-78)93-71(117)49(21-25-58(81)104)97-77(123)55(33-40(7)8)99-66(112)44(12)89-64(110)43(11)90-75(121)53(31-38(3)4)101-73(119)51(23-27-60(83)106)95-69(115)47(19-15-17-29-79)92-70(116)48(20-24-57(80)103)96-76(122)54(32-39(5)6)98-65(111)42(10)87-62(108)35-85-61(107)34-86-67(113)56(36-124)91-45(13)102/h37-44,46-56,124H,14-36,78-79H2,1-13H3,(H2,80,103)(H2,81,104)(H2,82,105)(H2,83,106)(H2,84,109)(H,85,107)(H,86,113)(H,87,108)(H,88,120)(H,89,110)(H,90,121)(H,91,102)(H,92,116)(H,93,117)(H,94,114)(H,95,115)(H,96,122)(H,97,123)(H,98,111)(H,99,112)(H,100,118)(H,101,119)/t41-,42-,43-,44-,46-,47-,48-,49-,50-,51-,52-,53-,54-,55-,56-/m0/s1. The number of carbonyl (C=O) groups excluding carboxylic acids is 22. The predicted molar refractivity (Wildman–Crippen MR) is 454 cm³/mol. The van der Waals surface area contributed by atoms with Gasteiger partial charge in [0.2, 0.25) is 130 Å². The lowest BCUT2D eigenvalue weighted by Crippen LogP contribution is -2.60. The van der Waals surface area contributed by atoms with Crippen LogP contribution in [0.2, 0.25) is 0 Å². The van der Waals surface area contributed by atoms with Gasteiger partial charge in [0.15, 0.2) is 0 Å². The van der Waals surface area contributed by atoms with Gasteiger partial charge in [0.25, 0.3) is 0 Å². The Hall–Kier alpha value is -11.4. The number of unbranched alkanes of at least 4 members (excludes halogenated alkanes) is 2. The Morgan fingerprint density at radius 1 is 0.250 bits per heavy atom. The second-order valence-corrected chi connectivity index (χ2v) is 32.4. The summed E-state index contributed by atoms with van der Waals surface area (Å²) in [5, 5.41) is 41.9. The highest BCUT2D eigenvalue weighted by Gasteiger charge is 2.38. The monoisotopic (exact) mass is 1780 g/mol. The highest BCUT2D eigenvalue weighted by Crippen LogP contribution is 2.16. The first kappa shape index (κ1) is 113. The summed E-state index contributed by atoms with van der Waals surface area (Å²) in [4.78, 5) is 293. The van der Waals surface area contributed by atoms with E-state index in [1.807, 2.05) is 0 Å². The average Bonchev–Trinajstić information content (AvgIpc) is 0.856. The highest BCUT2D eigenvalue weighted by atomic mass is 32.1. The lowest BCUT2D eigenvalue weighted by molar-refractivity contribution is -0.136. The van der Waals surface area contributed by atoms with Gasteiger partial charge >= 0.3 is 0 Å². The van der Waals surface area contributed by atoms with Gasteiger partial charge < -0.3 is 131 Å². The third kappa shape index (κ3) is 47.9. The fourth-order valence-electron chi connectivity index (χ4n) is 11.8. The van der Waals surface area contributed by atoms with Crippen LogP contribution in [0.4, 0.5) is 0 Å². The zero-order valence-electron chi connectivity index (χ0n) is 73.2. The number of thiol groups is 1. The molecule has 0 fully saturated rings. The largest absolute Gasteiger partial charge is 0.370 e. The summed E-state index contributed by atoms with van der Waals surface area (Å²) < 4.78 is 0. The van der Waals surface area contributed by atoms with Gasteiger partial charge in [-0.25, -0.2) is 0 Å². The number of hydrogen-bond donors (Lipinski definition) is 25. The Morgan fingerprint density at radius 2 is 0.484 bits per heavy atom. The first-order valence-corrected chi connectivity index (χ1v) is 42.0. The van der Waals surface area contributed by atoms with Crippen molar-refractivity contribution in [3.8, 4) is 0 Å². The molecule has 0 spiro atoms. The van der Waals surface area contributed by atoms with Crippen molar-refractivity contribution in [2.45, 2.75) is 296 Å². The van der Waals surface area contributed by atoms with Crippen LogP contribution in [0, 0.1) is 23.7 Å². The molecule has 47 heteroatoms. The molecular weight excluding hydrogens is 1650 g/mol. The summed E-state index contributed by atoms with van der Waals surface area (Å²) in [6, 6.07) is -21.6. The Balaban J connectivity index is 6.86. The number of nitrogens with one attached hydrogen (secondary N) is 17. The third-order valence-corrected chi connectivity index (χ3v) is 18.9. The van der Waals surface area contributed by atoms with E-state index < -0.39 is 279 Å². The van der Waals surface area contributed by atoms with Crippen LogP contribution in [0.1, 0.15) is 206 Å². The summed E-state index contributed by atoms with van der Waals surface area (Å²) in [6.45, 7) is 19.0. The van der Waals surface area contributed by atoms with E-state index in [1.54, 1.807) is 55.4 Å². The van der Waals surface area contributed by atoms with Crippen molar-refractivity contribution in [3.63, 3.8) is 0 Å². The Bertz CT molecular complexity index is 3670. The van der Waals surface area contributed by atoms with Gasteiger partial charge in [-0.1, -0.05) is 55.4 Å². The van der Waals surface area contributed by atoms with Crippen LogP contribution in [0.25, 0.3) is 0 Å². The fraction of sp³-hybridized carbons (Fsp3) is 0.714. The smallest absolute Gasteiger partial charge is 0.243 e. The van der Waals surface area contributed by atoms with Gasteiger partial charge in [-0.05, 0) is 154 Å². The second kappa shape index (κ2) is 59.4. The highest BCUT2D eigenvalue weighted by molar-refractivity contribution is 7.80. The van der Waals surface area contributed by atoms with Crippen LogP contribution in [-0.4, -0.2) is 253 Å². The van der Waals surface area contributed by atoms with E-state index in [1.165, 1.54) is 34.6 Å². The minimum Gasteiger partial charge on any atom is -0.370 e. The third-order valence-electron chi connectivity index (χ3n) is 18.6. The molecule has 0 aromatic rings. The molecule has 22 amide bonds. The average molecular weight is 1780 g/mol. The van der Waals surface area contributed by atoms with Crippen LogP contribution < -0.4 is 131 Å². The van der Waals surface area contributed by atoms with E-state index in [2.05, 4.69) is 103 Å². The molecule has 31 N–H and O–H groups in total. The normalized spacial score (nSPS) is 14.7. The molecule has 124 heavy (non-hydrogen) atoms. The number of rotatable bonds is 63. The molecule has 0 heterocycles. The van der Waals surface area contributed by atoms with E-state index >= 15 is 0 Å². The molecule has 0 bridgehead atoms. The van der Waals surface area contributed by atoms with E-state index in [0.717, 1.165) is 0 Å². The Morgan fingerprint density at radius 3 is 0.750 bits per heavy atom. The lowest BCUT2D eigenvalue weighted by atomic mass is 10.0. The zero-order chi connectivity index (χ0) is 95.0. The predicted octanol–water partition coefficient (Wildman–Crippen LogP) is -8.49. The number of amides is 22. The number of carbonyl (C=O) groups is 22. The minimum atomic E-state index is -1.67. The lowest BCUT2D eigenvalue weighted by Gasteiger charge is -2.28. The van der Waals surface area contributed by atoms with Crippen molar-refractivity contribution in [3.05, 3.63) is 0 Å². The van der Waals surface area contributed by atoms with Crippen LogP contribution >= 0.6 is 12.6 Å². The van der Waals surface area contributed by atoms with Gasteiger partial charge in [0.05, 0.1) is 13.1 Å². The molecule has 0 aliphatic rings. The SMILES string of the molecule is CC(=O)N[C@@H](CS)C(=O)NCC(=O)NCC(=O)N[C@@H](C)C(=O)N[C@@H](CC(C)C)C(=O)N[C@@H](CCC(N)=O)C(=O)N[C@@H](CCCCN)C(=O)N[C@@H](CCC(N)=O)C(=O)N[C@@H](CC(C)C)C(=O)N[C@@H](C)C(=O)N[C@@H](C)C(=O)N[C@@H](CC(C)C)C(=O)N[C@@H](CCC(N)=O)C(=O)N[C@@H](CCCCN)C(=O)N[C@@H](CCC(N)=O)C(=O)N[C@@H](CC(C)C)C(=O)N[C@@H](C)C(N)=O. The van der Waals surface area contributed by atoms with E-state index in [-0.39, 0.29) is 100 Å². The molecule has 0 aliphatic carbocycles. The molecule has 702 valence electrons. The molecule has 0 rings (SSSR count). The van der Waals surface area contributed by atoms with Crippen molar-refractivity contribution in [2.75, 3.05) is 31.9 Å². The maximum Gasteiger partial charge on any atom is 0.243 e. The van der Waals surface area contributed by atoms with E-state index in [9.17, 15) is 105 Å². The fourth-order valence-corrected chi connectivity index (χ4v) is 12.1. The van der Waals surface area contributed by atoms with Crippen molar-refractivity contribution >= 4 is 143 Å². The van der Waals surface area contributed by atoms with Crippen molar-refractivity contribution in [2.24, 2.45) is 63.8 Å². The van der Waals surface area contributed by atoms with Crippen molar-refractivity contribution in [1.82, 2.24) is 90.4 Å². The summed E-state index contributed by atoms with van der Waals surface area (Å²) in [7, 11) is 0. The quantitative estimate of drug-likeness (QED) is 0.0199. The number of nitrogens with two attached hydrogens (primary N) is 7. The van der Waals surface area contributed by atoms with Gasteiger partial charge in [0, 0.05) is 38.4 Å². The molecule has 0 saturated heterocycles. The number of hydrogen-bond acceptors (Lipinski definition) is 25. The Labute approximate surface area is 727 Å². The summed E-state index contributed by atoms with van der Waals surface area (Å²) in [5.74, 6) is -21.2. The van der Waals surface area contributed by atoms with Crippen molar-refractivity contribution < 1.29 is 105 Å². The molecule has 0 unspecified atom stereocenters. The summed E-state index contributed by atoms with van der Waals surface area (Å²) in [6.07, 6.45) is -3.18. The Kier molecular flexibility index (Phi) is 54.0. The molecule has 0 aromatic carbocycles. The second-order valence-electron chi connectivity index (χ2n) is 32.0. The molecule has 0 radical (unpaired) electrons. The maximum atomic E-state index is 14.5. The van der Waals surface area contributed by atoms with Gasteiger partial charge in [-0.15, -0.1) is 0 Å². The molecular formula is C77H136N24O22S. The maximum absolute atomic E-state index is 14.5. The molecule has 0 aromatic heterocycles. The minimum absolute atomic E-state index is 0.0504. The molecule has 0 saturated carbocycles. The summed E-state index contributed by atoms with van der Waals surface area (Å²) >= 11 is 4.00. The van der Waals surface area contributed by atoms with Crippen LogP contribution in [-0.2, 0) is 105 Å². The zero-order valence-corrected chi connectivity index (χ0v) is 74.1. The molecule has 46 nitrogen and oxygen atoms in total. The van der Waals surface area contributed by atoms with Crippen LogP contribution in [0.5, 0.6) is 0 Å². The topological polar surface area (TPSA) is 762 Å². The number of primary amides is 5. The molecule has 0 aliphatic heterocycles. The van der Waals surface area contributed by atoms with Gasteiger partial charge in [-0.3, -0.25) is 105 Å². The first-order valence-electron chi connectivity index (χ1n) is 41.4. The van der Waals surface area contributed by atoms with E-state index in [0.29, 0.717) is 12.8 Å². The van der Waals surface area contributed by atoms with Crippen molar-refractivity contribution in [1.29, 1.82) is 0 Å². The molecule has 15 atom stereocenters. The van der Waals surface area contributed by atoms with Crippen LogP contribution in [0.15, 0.2) is 0 Å². The van der Waals surface area contributed by atoms with Gasteiger partial charge in [0.1, 0.15) is 90.6 Å².